The molecule has 0 unspecified atom stereocenters. The van der Waals surface area contributed by atoms with Gasteiger partial charge in [-0.3, -0.25) is 0 Å². The van der Waals surface area contributed by atoms with E-state index in [4.69, 9.17) is 9.26 Å². The van der Waals surface area contributed by atoms with Gasteiger partial charge in [-0.25, -0.2) is 0 Å². The number of rotatable bonds is 8. The predicted octanol–water partition coefficient (Wildman–Crippen LogP) is 3.29. The molecule has 6 heteroatoms. The fourth-order valence-corrected chi connectivity index (χ4v) is 2.48. The van der Waals surface area contributed by atoms with Crippen molar-refractivity contribution in [1.82, 2.24) is 15.0 Å². The first-order valence-electron chi connectivity index (χ1n) is 8.19. The third kappa shape index (κ3) is 4.81. The third-order valence-electron chi connectivity index (χ3n) is 3.84. The zero-order valence-corrected chi connectivity index (χ0v) is 14.5. The van der Waals surface area contributed by atoms with E-state index in [0.717, 1.165) is 30.9 Å². The van der Waals surface area contributed by atoms with Crippen LogP contribution in [0.1, 0.15) is 5.56 Å². The molecule has 1 aromatic heterocycles. The number of anilines is 1. The van der Waals surface area contributed by atoms with E-state index in [9.17, 15) is 0 Å². The van der Waals surface area contributed by atoms with E-state index in [0.29, 0.717) is 11.8 Å². The maximum Gasteiger partial charge on any atom is 0.321 e. The monoisotopic (exact) mass is 338 g/mol. The van der Waals surface area contributed by atoms with Crippen LogP contribution in [0.3, 0.4) is 0 Å². The van der Waals surface area contributed by atoms with Crippen LogP contribution in [-0.4, -0.2) is 42.3 Å². The van der Waals surface area contributed by atoms with Gasteiger partial charge in [0.1, 0.15) is 5.75 Å². The fraction of sp³-hybridized carbons (Fsp3) is 0.263. The summed E-state index contributed by atoms with van der Waals surface area (Å²) >= 11 is 0. The highest BCUT2D eigenvalue weighted by molar-refractivity contribution is 5.56. The molecule has 0 radical (unpaired) electrons. The van der Waals surface area contributed by atoms with Gasteiger partial charge in [0, 0.05) is 25.2 Å². The van der Waals surface area contributed by atoms with Crippen LogP contribution in [0.4, 0.5) is 6.01 Å². The maximum absolute atomic E-state index is 5.25. The molecule has 0 saturated carbocycles. The number of nitrogens with one attached hydrogen (secondary N) is 1. The summed E-state index contributed by atoms with van der Waals surface area (Å²) in [5.41, 5.74) is 2.18. The molecule has 0 aliphatic rings. The number of aromatic nitrogens is 2. The number of nitrogens with zero attached hydrogens (tertiary/aromatic N) is 3. The highest BCUT2D eigenvalue weighted by Gasteiger charge is 2.08. The first-order valence-corrected chi connectivity index (χ1v) is 8.19. The largest absolute Gasteiger partial charge is 0.497 e. The molecular formula is C19H22N4O2. The Morgan fingerprint density at radius 2 is 1.84 bits per heavy atom. The summed E-state index contributed by atoms with van der Waals surface area (Å²) in [5, 5.41) is 7.17. The number of hydrogen-bond donors (Lipinski definition) is 1. The lowest BCUT2D eigenvalue weighted by molar-refractivity contribution is 0.337. The lowest BCUT2D eigenvalue weighted by Gasteiger charge is -2.16. The molecule has 0 spiro atoms. The summed E-state index contributed by atoms with van der Waals surface area (Å²) in [5.74, 6) is 1.36. The highest BCUT2D eigenvalue weighted by atomic mass is 16.5. The van der Waals surface area contributed by atoms with E-state index in [1.54, 1.807) is 7.11 Å². The lowest BCUT2D eigenvalue weighted by atomic mass is 10.2. The van der Waals surface area contributed by atoms with E-state index >= 15 is 0 Å². The first kappa shape index (κ1) is 17.0. The Morgan fingerprint density at radius 3 is 2.56 bits per heavy atom. The summed E-state index contributed by atoms with van der Waals surface area (Å²) in [6, 6.07) is 18.4. The second kappa shape index (κ2) is 8.30. The lowest BCUT2D eigenvalue weighted by Crippen LogP contribution is -2.24. The van der Waals surface area contributed by atoms with E-state index < -0.39 is 0 Å². The number of ether oxygens (including phenoxy) is 1. The molecule has 1 heterocycles. The third-order valence-corrected chi connectivity index (χ3v) is 3.84. The summed E-state index contributed by atoms with van der Waals surface area (Å²) in [4.78, 5) is 6.61. The Bertz CT molecular complexity index is 772. The normalized spacial score (nSPS) is 10.8. The molecule has 25 heavy (non-hydrogen) atoms. The smallest absolute Gasteiger partial charge is 0.321 e. The van der Waals surface area contributed by atoms with Gasteiger partial charge < -0.3 is 19.5 Å². The van der Waals surface area contributed by atoms with Crippen molar-refractivity contribution in [2.24, 2.45) is 0 Å². The SMILES string of the molecule is COc1ccc(-c2noc(NCCN(C)Cc3ccccc3)n2)cc1. The minimum Gasteiger partial charge on any atom is -0.497 e. The Kier molecular flexibility index (Phi) is 5.64. The molecular weight excluding hydrogens is 316 g/mol. The zero-order chi connectivity index (χ0) is 17.5. The van der Waals surface area contributed by atoms with Gasteiger partial charge in [0.05, 0.1) is 7.11 Å². The molecule has 0 aliphatic carbocycles. The first-order chi connectivity index (χ1) is 12.2. The van der Waals surface area contributed by atoms with Gasteiger partial charge in [-0.1, -0.05) is 35.5 Å². The summed E-state index contributed by atoms with van der Waals surface area (Å²) in [6.07, 6.45) is 0. The molecule has 6 nitrogen and oxygen atoms in total. The van der Waals surface area contributed by atoms with Crippen LogP contribution in [-0.2, 0) is 6.54 Å². The number of benzene rings is 2. The van der Waals surface area contributed by atoms with Crippen molar-refractivity contribution in [2.45, 2.75) is 6.54 Å². The van der Waals surface area contributed by atoms with E-state index in [2.05, 4.69) is 51.7 Å². The van der Waals surface area contributed by atoms with E-state index in [-0.39, 0.29) is 0 Å². The second-order valence-corrected chi connectivity index (χ2v) is 5.80. The molecule has 130 valence electrons. The van der Waals surface area contributed by atoms with Gasteiger partial charge in [-0.2, -0.15) is 4.98 Å². The van der Waals surface area contributed by atoms with Crippen molar-refractivity contribution >= 4 is 6.01 Å². The van der Waals surface area contributed by atoms with Crippen LogP contribution >= 0.6 is 0 Å². The standard InChI is InChI=1S/C19H22N4O2/c1-23(14-15-6-4-3-5-7-15)13-12-20-19-21-18(22-25-19)16-8-10-17(24-2)11-9-16/h3-11H,12-14H2,1-2H3,(H,20,21,22). The molecule has 0 amide bonds. The van der Waals surface area contributed by atoms with Gasteiger partial charge in [-0.05, 0) is 36.9 Å². The van der Waals surface area contributed by atoms with Crippen molar-refractivity contribution < 1.29 is 9.26 Å². The van der Waals surface area contributed by atoms with Gasteiger partial charge in [0.2, 0.25) is 5.82 Å². The molecule has 3 aromatic rings. The molecule has 1 N–H and O–H groups in total. The molecule has 0 aliphatic heterocycles. The van der Waals surface area contributed by atoms with Crippen LogP contribution < -0.4 is 10.1 Å². The van der Waals surface area contributed by atoms with Crippen molar-refractivity contribution in [2.75, 3.05) is 32.6 Å². The number of hydrogen-bond acceptors (Lipinski definition) is 6. The van der Waals surface area contributed by atoms with Gasteiger partial charge in [0.15, 0.2) is 0 Å². The molecule has 0 atom stereocenters. The van der Waals surface area contributed by atoms with Gasteiger partial charge in [0.25, 0.3) is 0 Å². The minimum absolute atomic E-state index is 0.430. The van der Waals surface area contributed by atoms with E-state index in [1.807, 2.05) is 30.3 Å². The zero-order valence-electron chi connectivity index (χ0n) is 14.5. The Labute approximate surface area is 147 Å². The summed E-state index contributed by atoms with van der Waals surface area (Å²) in [6.45, 7) is 2.51. The Morgan fingerprint density at radius 1 is 1.08 bits per heavy atom. The van der Waals surface area contributed by atoms with Gasteiger partial charge in [-0.15, -0.1) is 0 Å². The van der Waals surface area contributed by atoms with Crippen LogP contribution in [0.2, 0.25) is 0 Å². The predicted molar refractivity (Wildman–Crippen MR) is 97.6 cm³/mol. The average Bonchev–Trinajstić information content (AvgIpc) is 3.11. The van der Waals surface area contributed by atoms with Crippen molar-refractivity contribution in [1.29, 1.82) is 0 Å². The maximum atomic E-state index is 5.25. The number of likely N-dealkylation sites (N-methyl/N-ethyl adjacent to an activating group) is 1. The van der Waals surface area contributed by atoms with Crippen LogP contribution in [0.15, 0.2) is 59.1 Å². The van der Waals surface area contributed by atoms with Gasteiger partial charge >= 0.3 is 6.01 Å². The molecule has 0 bridgehead atoms. The molecule has 2 aromatic carbocycles. The molecule has 0 fully saturated rings. The minimum atomic E-state index is 0.430. The van der Waals surface area contributed by atoms with Crippen LogP contribution in [0.25, 0.3) is 11.4 Å². The molecule has 3 rings (SSSR count). The summed E-state index contributed by atoms with van der Waals surface area (Å²) < 4.78 is 10.4. The fourth-order valence-electron chi connectivity index (χ4n) is 2.48. The van der Waals surface area contributed by atoms with E-state index in [1.165, 1.54) is 5.56 Å². The Hall–Kier alpha value is -2.86. The second-order valence-electron chi connectivity index (χ2n) is 5.80. The van der Waals surface area contributed by atoms with Crippen LogP contribution in [0, 0.1) is 0 Å². The summed E-state index contributed by atoms with van der Waals surface area (Å²) in [7, 11) is 3.73. The molecule has 0 saturated heterocycles. The Balaban J connectivity index is 1.48. The quantitative estimate of drug-likeness (QED) is 0.680. The number of methoxy groups -OCH3 is 1. The highest BCUT2D eigenvalue weighted by Crippen LogP contribution is 2.20. The van der Waals surface area contributed by atoms with Crippen molar-refractivity contribution in [3.05, 3.63) is 60.2 Å². The average molecular weight is 338 g/mol. The van der Waals surface area contributed by atoms with Crippen LogP contribution in [0.5, 0.6) is 5.75 Å². The van der Waals surface area contributed by atoms with Crippen molar-refractivity contribution in [3.8, 4) is 17.1 Å². The van der Waals surface area contributed by atoms with Crippen molar-refractivity contribution in [3.63, 3.8) is 0 Å². The topological polar surface area (TPSA) is 63.4 Å².